The van der Waals surface area contributed by atoms with Gasteiger partial charge in [0, 0.05) is 6.08 Å². The highest BCUT2D eigenvalue weighted by Gasteiger charge is 1.96. The molecular weight excluding hydrogens is 164 g/mol. The summed E-state index contributed by atoms with van der Waals surface area (Å²) in [6, 6.07) is 0. The Morgan fingerprint density at radius 1 is 1.46 bits per heavy atom. The Bertz CT molecular complexity index is 247. The van der Waals surface area contributed by atoms with Crippen molar-refractivity contribution in [2.75, 3.05) is 6.61 Å². The van der Waals surface area contributed by atoms with E-state index in [1.165, 1.54) is 0 Å². The van der Waals surface area contributed by atoms with Crippen molar-refractivity contribution in [2.24, 2.45) is 0 Å². The van der Waals surface area contributed by atoms with Crippen LogP contribution >= 0.6 is 0 Å². The summed E-state index contributed by atoms with van der Waals surface area (Å²) in [5, 5.41) is 0. The van der Waals surface area contributed by atoms with Gasteiger partial charge in [0.15, 0.2) is 0 Å². The van der Waals surface area contributed by atoms with Gasteiger partial charge < -0.3 is 4.74 Å². The molecule has 0 saturated carbocycles. The molecule has 0 heterocycles. The molecule has 0 amide bonds. The summed E-state index contributed by atoms with van der Waals surface area (Å²) in [4.78, 5) is 10.7. The standard InChI is InChI=1S/C11H14O2/c1-4-7-8-10(5-2)9-13-11(12)6-3/h4-8H,1,3,9H2,2H3/b8-7-,10-5+. The van der Waals surface area contributed by atoms with Crippen LogP contribution in [0.3, 0.4) is 0 Å². The molecule has 2 heteroatoms. The predicted molar refractivity (Wildman–Crippen MR) is 54.3 cm³/mol. The van der Waals surface area contributed by atoms with Crippen molar-refractivity contribution in [2.45, 2.75) is 6.92 Å². The molecule has 0 rings (SSSR count). The zero-order chi connectivity index (χ0) is 10.1. The Morgan fingerprint density at radius 3 is 2.62 bits per heavy atom. The number of allylic oxidation sites excluding steroid dienone is 3. The van der Waals surface area contributed by atoms with Gasteiger partial charge in [-0.15, -0.1) is 0 Å². The minimum atomic E-state index is -0.411. The number of carbonyl (C=O) groups is 1. The van der Waals surface area contributed by atoms with Crippen molar-refractivity contribution in [3.63, 3.8) is 0 Å². The van der Waals surface area contributed by atoms with Crippen molar-refractivity contribution in [1.29, 1.82) is 0 Å². The van der Waals surface area contributed by atoms with E-state index in [0.717, 1.165) is 11.6 Å². The number of carbonyl (C=O) groups excluding carboxylic acids is 1. The van der Waals surface area contributed by atoms with Gasteiger partial charge in [0.2, 0.25) is 0 Å². The molecular formula is C11H14O2. The van der Waals surface area contributed by atoms with Crippen LogP contribution in [0.15, 0.2) is 49.1 Å². The third kappa shape index (κ3) is 5.67. The van der Waals surface area contributed by atoms with Crippen LogP contribution in [0.5, 0.6) is 0 Å². The van der Waals surface area contributed by atoms with E-state index in [2.05, 4.69) is 13.2 Å². The molecule has 0 aromatic heterocycles. The lowest BCUT2D eigenvalue weighted by atomic mass is 10.2. The minimum absolute atomic E-state index is 0.270. The van der Waals surface area contributed by atoms with E-state index in [0.29, 0.717) is 0 Å². The molecule has 0 aromatic rings. The first-order valence-corrected chi connectivity index (χ1v) is 3.98. The Labute approximate surface area is 78.9 Å². The van der Waals surface area contributed by atoms with Gasteiger partial charge in [-0.2, -0.15) is 0 Å². The van der Waals surface area contributed by atoms with Crippen LogP contribution in [0.4, 0.5) is 0 Å². The van der Waals surface area contributed by atoms with E-state index in [1.54, 1.807) is 12.2 Å². The van der Waals surface area contributed by atoms with E-state index in [9.17, 15) is 4.79 Å². The Balaban J connectivity index is 4.00. The molecule has 0 saturated heterocycles. The van der Waals surface area contributed by atoms with Crippen LogP contribution in [-0.4, -0.2) is 12.6 Å². The predicted octanol–water partition coefficient (Wildman–Crippen LogP) is 2.40. The number of ether oxygens (including phenoxy) is 1. The summed E-state index contributed by atoms with van der Waals surface area (Å²) in [7, 11) is 0. The topological polar surface area (TPSA) is 26.3 Å². The highest BCUT2D eigenvalue weighted by Crippen LogP contribution is 1.98. The number of hydrogen-bond donors (Lipinski definition) is 0. The van der Waals surface area contributed by atoms with Crippen molar-refractivity contribution in [1.82, 2.24) is 0 Å². The quantitative estimate of drug-likeness (QED) is 0.367. The molecule has 0 spiro atoms. The van der Waals surface area contributed by atoms with Crippen LogP contribution in [-0.2, 0) is 9.53 Å². The highest BCUT2D eigenvalue weighted by atomic mass is 16.5. The Morgan fingerprint density at radius 2 is 2.15 bits per heavy atom. The van der Waals surface area contributed by atoms with Gasteiger partial charge in [-0.05, 0) is 12.5 Å². The molecule has 13 heavy (non-hydrogen) atoms. The highest BCUT2D eigenvalue weighted by molar-refractivity contribution is 5.81. The van der Waals surface area contributed by atoms with Crippen molar-refractivity contribution in [3.05, 3.63) is 49.1 Å². The molecule has 0 aliphatic heterocycles. The molecule has 0 atom stereocenters. The molecule has 2 nitrogen and oxygen atoms in total. The van der Waals surface area contributed by atoms with Crippen LogP contribution < -0.4 is 0 Å². The average molecular weight is 178 g/mol. The van der Waals surface area contributed by atoms with Crippen LogP contribution in [0.1, 0.15) is 6.92 Å². The lowest BCUT2D eigenvalue weighted by Gasteiger charge is -2.01. The van der Waals surface area contributed by atoms with Gasteiger partial charge >= 0.3 is 5.97 Å². The molecule has 0 radical (unpaired) electrons. The van der Waals surface area contributed by atoms with E-state index >= 15 is 0 Å². The zero-order valence-corrected chi connectivity index (χ0v) is 7.82. The molecule has 0 aromatic carbocycles. The molecule has 0 N–H and O–H groups in total. The van der Waals surface area contributed by atoms with Gasteiger partial charge in [0.1, 0.15) is 6.61 Å². The lowest BCUT2D eigenvalue weighted by Crippen LogP contribution is -2.02. The van der Waals surface area contributed by atoms with Crippen molar-refractivity contribution >= 4 is 5.97 Å². The number of rotatable bonds is 5. The van der Waals surface area contributed by atoms with Gasteiger partial charge in [-0.3, -0.25) is 0 Å². The normalized spacial score (nSPS) is 11.3. The van der Waals surface area contributed by atoms with Crippen LogP contribution in [0, 0.1) is 0 Å². The van der Waals surface area contributed by atoms with Crippen molar-refractivity contribution in [3.8, 4) is 0 Å². The molecule has 0 aliphatic carbocycles. The Kier molecular flexibility index (Phi) is 6.24. The first-order valence-electron chi connectivity index (χ1n) is 3.98. The summed E-state index contributed by atoms with van der Waals surface area (Å²) in [5.41, 5.74) is 0.926. The van der Waals surface area contributed by atoms with E-state index in [-0.39, 0.29) is 6.61 Å². The largest absolute Gasteiger partial charge is 0.458 e. The fourth-order valence-corrected chi connectivity index (χ4v) is 0.633. The molecule has 70 valence electrons. The third-order valence-electron chi connectivity index (χ3n) is 1.36. The van der Waals surface area contributed by atoms with Gasteiger partial charge in [-0.1, -0.05) is 37.5 Å². The molecule has 0 aliphatic rings. The van der Waals surface area contributed by atoms with Gasteiger partial charge in [-0.25, -0.2) is 4.79 Å². The first kappa shape index (κ1) is 11.4. The fraction of sp³-hybridized carbons (Fsp3) is 0.182. The summed E-state index contributed by atoms with van der Waals surface area (Å²) < 4.78 is 4.83. The van der Waals surface area contributed by atoms with Gasteiger partial charge in [0.25, 0.3) is 0 Å². The second-order valence-corrected chi connectivity index (χ2v) is 2.27. The monoisotopic (exact) mass is 178 g/mol. The third-order valence-corrected chi connectivity index (χ3v) is 1.36. The fourth-order valence-electron chi connectivity index (χ4n) is 0.633. The minimum Gasteiger partial charge on any atom is -0.458 e. The summed E-state index contributed by atoms with van der Waals surface area (Å²) in [5.74, 6) is -0.411. The Hall–Kier alpha value is -1.57. The molecule has 0 bridgehead atoms. The summed E-state index contributed by atoms with van der Waals surface area (Å²) in [6.45, 7) is 8.99. The van der Waals surface area contributed by atoms with E-state index in [4.69, 9.17) is 4.74 Å². The smallest absolute Gasteiger partial charge is 0.330 e. The maximum absolute atomic E-state index is 10.7. The maximum atomic E-state index is 10.7. The molecule has 0 unspecified atom stereocenters. The number of esters is 1. The average Bonchev–Trinajstić information content (AvgIpc) is 2.17. The first-order chi connectivity index (χ1) is 6.24. The summed E-state index contributed by atoms with van der Waals surface area (Å²) >= 11 is 0. The van der Waals surface area contributed by atoms with Gasteiger partial charge in [0.05, 0.1) is 0 Å². The van der Waals surface area contributed by atoms with E-state index < -0.39 is 5.97 Å². The number of hydrogen-bond acceptors (Lipinski definition) is 2. The second kappa shape index (κ2) is 7.10. The van der Waals surface area contributed by atoms with Crippen LogP contribution in [0.2, 0.25) is 0 Å². The van der Waals surface area contributed by atoms with Crippen LogP contribution in [0.25, 0.3) is 0 Å². The van der Waals surface area contributed by atoms with E-state index in [1.807, 2.05) is 19.1 Å². The van der Waals surface area contributed by atoms with Crippen molar-refractivity contribution < 1.29 is 9.53 Å². The second-order valence-electron chi connectivity index (χ2n) is 2.27. The SMILES string of the molecule is C=C/C=C\C(=C/C)COC(=O)C=C. The zero-order valence-electron chi connectivity index (χ0n) is 7.82. The maximum Gasteiger partial charge on any atom is 0.330 e. The molecule has 0 fully saturated rings. The lowest BCUT2D eigenvalue weighted by molar-refractivity contribution is -0.136. The summed E-state index contributed by atoms with van der Waals surface area (Å²) in [6.07, 6.45) is 8.31.